The van der Waals surface area contributed by atoms with Gasteiger partial charge in [0.2, 0.25) is 0 Å². The maximum atomic E-state index is 12.8. The fourth-order valence-electron chi connectivity index (χ4n) is 3.18. The molecule has 1 aliphatic heterocycles. The predicted octanol–water partition coefficient (Wildman–Crippen LogP) is 7.77. The van der Waals surface area contributed by atoms with Crippen LogP contribution in [-0.2, 0) is 17.9 Å². The molecule has 8 heteroatoms. The van der Waals surface area contributed by atoms with Gasteiger partial charge in [-0.15, -0.1) is 0 Å². The summed E-state index contributed by atoms with van der Waals surface area (Å²) >= 11 is 19.4. The Kier molecular flexibility index (Phi) is 7.35. The van der Waals surface area contributed by atoms with Crippen LogP contribution in [0.3, 0.4) is 0 Å². The number of amides is 2. The van der Waals surface area contributed by atoms with Crippen LogP contribution in [0.4, 0.5) is 4.79 Å². The molecule has 33 heavy (non-hydrogen) atoms. The molecular formula is C25H18Cl3NO3S. The summed E-state index contributed by atoms with van der Waals surface area (Å²) < 4.78 is 5.78. The molecule has 1 saturated heterocycles. The Bertz CT molecular complexity index is 1260. The zero-order valence-corrected chi connectivity index (χ0v) is 20.6. The number of carbonyl (C=O) groups excluding carboxylic acids is 2. The molecule has 168 valence electrons. The molecule has 3 aromatic rings. The molecule has 0 atom stereocenters. The van der Waals surface area contributed by atoms with Crippen LogP contribution in [-0.4, -0.2) is 16.0 Å². The zero-order chi connectivity index (χ0) is 23.5. The number of halogens is 3. The Morgan fingerprint density at radius 3 is 2.39 bits per heavy atom. The van der Waals surface area contributed by atoms with Gasteiger partial charge in [0.1, 0.15) is 12.4 Å². The minimum atomic E-state index is -0.320. The lowest BCUT2D eigenvalue weighted by molar-refractivity contribution is -0.123. The number of thioether (sulfide) groups is 1. The second kappa shape index (κ2) is 10.2. The summed E-state index contributed by atoms with van der Waals surface area (Å²) in [6.07, 6.45) is 1.66. The number of imide groups is 1. The summed E-state index contributed by atoms with van der Waals surface area (Å²) in [6, 6.07) is 18.1. The van der Waals surface area contributed by atoms with Crippen LogP contribution in [0.15, 0.2) is 65.6 Å². The van der Waals surface area contributed by atoms with Crippen LogP contribution >= 0.6 is 46.6 Å². The highest BCUT2D eigenvalue weighted by atomic mass is 35.5. The molecule has 3 aromatic carbocycles. The fraction of sp³-hybridized carbons (Fsp3) is 0.120. The molecule has 0 aromatic heterocycles. The van der Waals surface area contributed by atoms with Gasteiger partial charge in [0.25, 0.3) is 11.1 Å². The first-order valence-corrected chi connectivity index (χ1v) is 11.9. The molecule has 0 bridgehead atoms. The van der Waals surface area contributed by atoms with Gasteiger partial charge >= 0.3 is 0 Å². The van der Waals surface area contributed by atoms with Crippen LogP contribution in [0.25, 0.3) is 6.08 Å². The van der Waals surface area contributed by atoms with Crippen molar-refractivity contribution < 1.29 is 14.3 Å². The number of nitrogens with zero attached hydrogens (tertiary/aromatic N) is 1. The van der Waals surface area contributed by atoms with Gasteiger partial charge in [0.05, 0.1) is 16.5 Å². The topological polar surface area (TPSA) is 46.6 Å². The van der Waals surface area contributed by atoms with E-state index >= 15 is 0 Å². The largest absolute Gasteiger partial charge is 0.487 e. The van der Waals surface area contributed by atoms with E-state index in [0.717, 1.165) is 28.5 Å². The minimum absolute atomic E-state index is 0.229. The van der Waals surface area contributed by atoms with Gasteiger partial charge in [-0.3, -0.25) is 14.5 Å². The van der Waals surface area contributed by atoms with Crippen molar-refractivity contribution in [3.8, 4) is 5.75 Å². The van der Waals surface area contributed by atoms with E-state index < -0.39 is 0 Å². The third-order valence-electron chi connectivity index (χ3n) is 4.99. The van der Waals surface area contributed by atoms with E-state index in [1.807, 2.05) is 31.2 Å². The lowest BCUT2D eigenvalue weighted by Crippen LogP contribution is -2.27. The van der Waals surface area contributed by atoms with Crippen LogP contribution in [0.2, 0.25) is 15.1 Å². The molecular weight excluding hydrogens is 501 g/mol. The van der Waals surface area contributed by atoms with Gasteiger partial charge < -0.3 is 4.74 Å². The SMILES string of the molecule is Cc1ccc(CN2C(=O)S/C(=C\c3ccc(OCc4ccc(Cl)cc4Cl)c(Cl)c3)C2=O)cc1. The van der Waals surface area contributed by atoms with Crippen molar-refractivity contribution in [2.75, 3.05) is 0 Å². The lowest BCUT2D eigenvalue weighted by atomic mass is 10.1. The van der Waals surface area contributed by atoms with Gasteiger partial charge in [-0.2, -0.15) is 0 Å². The third kappa shape index (κ3) is 5.74. The van der Waals surface area contributed by atoms with Crippen LogP contribution < -0.4 is 4.74 Å². The summed E-state index contributed by atoms with van der Waals surface area (Å²) in [5.41, 5.74) is 3.49. The lowest BCUT2D eigenvalue weighted by Gasteiger charge is -2.12. The summed E-state index contributed by atoms with van der Waals surface area (Å²) in [7, 11) is 0. The normalized spacial score (nSPS) is 14.9. The highest BCUT2D eigenvalue weighted by Crippen LogP contribution is 2.35. The van der Waals surface area contributed by atoms with Gasteiger partial charge in [-0.25, -0.2) is 0 Å². The summed E-state index contributed by atoms with van der Waals surface area (Å²) in [4.78, 5) is 26.8. The minimum Gasteiger partial charge on any atom is -0.487 e. The quantitative estimate of drug-likeness (QED) is 0.313. The average Bonchev–Trinajstić information content (AvgIpc) is 3.03. The first kappa shape index (κ1) is 23.7. The maximum Gasteiger partial charge on any atom is 0.293 e. The maximum absolute atomic E-state index is 12.8. The summed E-state index contributed by atoms with van der Waals surface area (Å²) in [5.74, 6) is 0.159. The van der Waals surface area contributed by atoms with E-state index in [-0.39, 0.29) is 24.3 Å². The molecule has 0 aliphatic carbocycles. The molecule has 2 amide bonds. The summed E-state index contributed by atoms with van der Waals surface area (Å²) in [5, 5.41) is 1.15. The van der Waals surface area contributed by atoms with Crippen LogP contribution in [0.5, 0.6) is 5.75 Å². The van der Waals surface area contributed by atoms with E-state index in [1.54, 1.807) is 42.5 Å². The number of aryl methyl sites for hydroxylation is 1. The molecule has 0 radical (unpaired) electrons. The number of benzene rings is 3. The number of rotatable bonds is 6. The van der Waals surface area contributed by atoms with Crippen molar-refractivity contribution in [3.63, 3.8) is 0 Å². The fourth-order valence-corrected chi connectivity index (χ4v) is 4.73. The Morgan fingerprint density at radius 2 is 1.70 bits per heavy atom. The van der Waals surface area contributed by atoms with E-state index in [1.165, 1.54) is 4.90 Å². The Balaban J connectivity index is 1.45. The van der Waals surface area contributed by atoms with E-state index in [2.05, 4.69) is 0 Å². The van der Waals surface area contributed by atoms with E-state index in [9.17, 15) is 9.59 Å². The smallest absolute Gasteiger partial charge is 0.293 e. The monoisotopic (exact) mass is 517 g/mol. The average molecular weight is 519 g/mol. The number of carbonyl (C=O) groups is 2. The molecule has 0 spiro atoms. The molecule has 1 aliphatic rings. The van der Waals surface area contributed by atoms with Crippen LogP contribution in [0, 0.1) is 6.92 Å². The number of ether oxygens (including phenoxy) is 1. The van der Waals surface area contributed by atoms with Crippen molar-refractivity contribution in [3.05, 3.63) is 103 Å². The van der Waals surface area contributed by atoms with Gasteiger partial charge in [0, 0.05) is 15.6 Å². The Morgan fingerprint density at radius 1 is 0.939 bits per heavy atom. The van der Waals surface area contributed by atoms with Crippen LogP contribution in [0.1, 0.15) is 22.3 Å². The first-order chi connectivity index (χ1) is 15.8. The second-order valence-electron chi connectivity index (χ2n) is 7.47. The molecule has 1 fully saturated rings. The number of hydrogen-bond acceptors (Lipinski definition) is 4. The summed E-state index contributed by atoms with van der Waals surface area (Å²) in [6.45, 7) is 2.46. The zero-order valence-electron chi connectivity index (χ0n) is 17.5. The Hall–Kier alpha value is -2.44. The predicted molar refractivity (Wildman–Crippen MR) is 135 cm³/mol. The molecule has 4 nitrogen and oxygen atoms in total. The number of hydrogen-bond donors (Lipinski definition) is 0. The molecule has 0 N–H and O–H groups in total. The van der Waals surface area contributed by atoms with E-state index in [0.29, 0.717) is 31.3 Å². The molecule has 4 rings (SSSR count). The van der Waals surface area contributed by atoms with Gasteiger partial charge in [0.15, 0.2) is 0 Å². The van der Waals surface area contributed by atoms with E-state index in [4.69, 9.17) is 39.5 Å². The highest BCUT2D eigenvalue weighted by molar-refractivity contribution is 8.18. The van der Waals surface area contributed by atoms with Crippen molar-refractivity contribution in [1.82, 2.24) is 4.90 Å². The molecule has 0 unspecified atom stereocenters. The first-order valence-electron chi connectivity index (χ1n) is 9.97. The Labute approximate surface area is 211 Å². The second-order valence-corrected chi connectivity index (χ2v) is 9.71. The standard InChI is InChI=1S/C25H18Cl3NO3S/c1-15-2-4-16(5-3-15)13-29-24(30)23(33-25(29)31)11-17-6-9-22(21(28)10-17)32-14-18-7-8-19(26)12-20(18)27/h2-12H,13-14H2,1H3/b23-11-. The van der Waals surface area contributed by atoms with Crippen molar-refractivity contribution in [2.24, 2.45) is 0 Å². The highest BCUT2D eigenvalue weighted by Gasteiger charge is 2.35. The van der Waals surface area contributed by atoms with Gasteiger partial charge in [-0.1, -0.05) is 76.8 Å². The van der Waals surface area contributed by atoms with Crippen molar-refractivity contribution in [2.45, 2.75) is 20.1 Å². The van der Waals surface area contributed by atoms with Crippen molar-refractivity contribution in [1.29, 1.82) is 0 Å². The van der Waals surface area contributed by atoms with Gasteiger partial charge in [-0.05, 0) is 60.2 Å². The molecule has 1 heterocycles. The molecule has 0 saturated carbocycles. The van der Waals surface area contributed by atoms with Crippen molar-refractivity contribution >= 4 is 63.8 Å². The third-order valence-corrected chi connectivity index (χ3v) is 6.78.